The molecule has 0 amide bonds. The van der Waals surface area contributed by atoms with Crippen LogP contribution in [-0.4, -0.2) is 38.7 Å². The van der Waals surface area contributed by atoms with Crippen LogP contribution in [0.2, 0.25) is 0 Å². The van der Waals surface area contributed by atoms with E-state index in [4.69, 9.17) is 9.84 Å². The molecule has 0 radical (unpaired) electrons. The van der Waals surface area contributed by atoms with E-state index < -0.39 is 16.0 Å². The SMILES string of the molecule is CCOC(C)CNS(=O)(=O)c1ccc(CC)c(C(=O)O)c1. The van der Waals surface area contributed by atoms with Crippen molar-refractivity contribution in [3.05, 3.63) is 29.3 Å². The molecule has 118 valence electrons. The number of benzene rings is 1. The highest BCUT2D eigenvalue weighted by Crippen LogP contribution is 2.17. The average Bonchev–Trinajstić information content (AvgIpc) is 2.44. The minimum atomic E-state index is -3.75. The third-order valence-electron chi connectivity index (χ3n) is 3.01. The molecule has 0 heterocycles. The number of aromatic carboxylic acids is 1. The molecule has 1 unspecified atom stereocenters. The Hall–Kier alpha value is -1.44. The second-order valence-corrected chi connectivity index (χ2v) is 6.36. The Kier molecular flexibility index (Phi) is 6.32. The lowest BCUT2D eigenvalue weighted by molar-refractivity contribution is 0.0695. The van der Waals surface area contributed by atoms with E-state index >= 15 is 0 Å². The number of sulfonamides is 1. The van der Waals surface area contributed by atoms with Crippen LogP contribution in [0.3, 0.4) is 0 Å². The van der Waals surface area contributed by atoms with E-state index in [0.29, 0.717) is 18.6 Å². The molecule has 1 aromatic carbocycles. The highest BCUT2D eigenvalue weighted by atomic mass is 32.2. The molecule has 0 aliphatic rings. The first-order chi connectivity index (χ1) is 9.81. The lowest BCUT2D eigenvalue weighted by atomic mass is 10.1. The summed E-state index contributed by atoms with van der Waals surface area (Å²) in [5.41, 5.74) is 0.613. The van der Waals surface area contributed by atoms with Gasteiger partial charge in [0.05, 0.1) is 16.6 Å². The van der Waals surface area contributed by atoms with Crippen molar-refractivity contribution in [3.63, 3.8) is 0 Å². The van der Waals surface area contributed by atoms with E-state index in [-0.39, 0.29) is 23.1 Å². The summed E-state index contributed by atoms with van der Waals surface area (Å²) in [6.45, 7) is 6.03. The monoisotopic (exact) mass is 315 g/mol. The summed E-state index contributed by atoms with van der Waals surface area (Å²) in [6.07, 6.45) is 0.273. The maximum Gasteiger partial charge on any atom is 0.336 e. The molecule has 0 aliphatic heterocycles. The third-order valence-corrected chi connectivity index (χ3v) is 4.44. The number of carbonyl (C=O) groups is 1. The summed E-state index contributed by atoms with van der Waals surface area (Å²) in [7, 11) is -3.75. The van der Waals surface area contributed by atoms with Crippen molar-refractivity contribution in [1.82, 2.24) is 4.72 Å². The van der Waals surface area contributed by atoms with Crippen LogP contribution in [0.1, 0.15) is 36.7 Å². The average molecular weight is 315 g/mol. The molecule has 1 atom stereocenters. The minimum absolute atomic E-state index is 0.0123. The highest BCUT2D eigenvalue weighted by Gasteiger charge is 2.19. The van der Waals surface area contributed by atoms with Crippen molar-refractivity contribution in [2.75, 3.05) is 13.2 Å². The molecule has 0 bridgehead atoms. The van der Waals surface area contributed by atoms with Crippen LogP contribution in [0.5, 0.6) is 0 Å². The molecule has 2 N–H and O–H groups in total. The van der Waals surface area contributed by atoms with E-state index in [2.05, 4.69) is 4.72 Å². The van der Waals surface area contributed by atoms with Crippen molar-refractivity contribution in [3.8, 4) is 0 Å². The van der Waals surface area contributed by atoms with Gasteiger partial charge in [0.25, 0.3) is 0 Å². The number of aryl methyl sites for hydroxylation is 1. The van der Waals surface area contributed by atoms with E-state index in [1.165, 1.54) is 18.2 Å². The molecule has 1 aromatic rings. The van der Waals surface area contributed by atoms with Crippen molar-refractivity contribution < 1.29 is 23.1 Å². The summed E-state index contributed by atoms with van der Waals surface area (Å²) in [4.78, 5) is 11.1. The summed E-state index contributed by atoms with van der Waals surface area (Å²) >= 11 is 0. The maximum atomic E-state index is 12.2. The van der Waals surface area contributed by atoms with Crippen LogP contribution >= 0.6 is 0 Å². The molecule has 7 heteroatoms. The highest BCUT2D eigenvalue weighted by molar-refractivity contribution is 7.89. The molecule has 0 spiro atoms. The first-order valence-corrected chi connectivity index (χ1v) is 8.27. The van der Waals surface area contributed by atoms with Gasteiger partial charge in [0.1, 0.15) is 0 Å². The number of ether oxygens (including phenoxy) is 1. The van der Waals surface area contributed by atoms with Crippen molar-refractivity contribution >= 4 is 16.0 Å². The molecule has 0 saturated heterocycles. The lowest BCUT2D eigenvalue weighted by Gasteiger charge is -2.13. The second kappa shape index (κ2) is 7.53. The fraction of sp³-hybridized carbons (Fsp3) is 0.500. The molecule has 6 nitrogen and oxygen atoms in total. The fourth-order valence-electron chi connectivity index (χ4n) is 1.88. The Morgan fingerprint density at radius 3 is 2.57 bits per heavy atom. The van der Waals surface area contributed by atoms with E-state index in [9.17, 15) is 13.2 Å². The van der Waals surface area contributed by atoms with Crippen molar-refractivity contribution in [1.29, 1.82) is 0 Å². The van der Waals surface area contributed by atoms with Crippen molar-refractivity contribution in [2.45, 2.75) is 38.2 Å². The van der Waals surface area contributed by atoms with E-state index in [1.54, 1.807) is 6.92 Å². The second-order valence-electron chi connectivity index (χ2n) is 4.60. The zero-order valence-electron chi connectivity index (χ0n) is 12.4. The zero-order valence-corrected chi connectivity index (χ0v) is 13.2. The lowest BCUT2D eigenvalue weighted by Crippen LogP contribution is -2.32. The topological polar surface area (TPSA) is 92.7 Å². The largest absolute Gasteiger partial charge is 0.478 e. The number of hydrogen-bond acceptors (Lipinski definition) is 4. The Morgan fingerprint density at radius 1 is 1.38 bits per heavy atom. The predicted octanol–water partition coefficient (Wildman–Crippen LogP) is 1.65. The Balaban J connectivity index is 2.98. The van der Waals surface area contributed by atoms with Crippen LogP contribution < -0.4 is 4.72 Å². The first-order valence-electron chi connectivity index (χ1n) is 6.79. The van der Waals surface area contributed by atoms with E-state index in [0.717, 1.165) is 0 Å². The van der Waals surface area contributed by atoms with Crippen LogP contribution in [0.25, 0.3) is 0 Å². The van der Waals surface area contributed by atoms with Gasteiger partial charge < -0.3 is 9.84 Å². The van der Waals surface area contributed by atoms with Crippen LogP contribution in [0, 0.1) is 0 Å². The number of carboxylic acid groups (broad SMARTS) is 1. The van der Waals surface area contributed by atoms with E-state index in [1.807, 2.05) is 13.8 Å². The van der Waals surface area contributed by atoms with Gasteiger partial charge in [0.15, 0.2) is 0 Å². The van der Waals surface area contributed by atoms with Crippen LogP contribution in [0.4, 0.5) is 0 Å². The minimum Gasteiger partial charge on any atom is -0.478 e. The van der Waals surface area contributed by atoms with Gasteiger partial charge in [-0.05, 0) is 38.0 Å². The van der Waals surface area contributed by atoms with Gasteiger partial charge in [-0.1, -0.05) is 13.0 Å². The summed E-state index contributed by atoms with van der Waals surface area (Å²) in [5.74, 6) is -1.13. The molecule has 0 fully saturated rings. The van der Waals surface area contributed by atoms with Crippen molar-refractivity contribution in [2.24, 2.45) is 0 Å². The fourth-order valence-corrected chi connectivity index (χ4v) is 3.02. The van der Waals surface area contributed by atoms with Gasteiger partial charge in [-0.25, -0.2) is 17.9 Å². The Morgan fingerprint density at radius 2 is 2.05 bits per heavy atom. The Labute approximate surface area is 125 Å². The number of rotatable bonds is 8. The van der Waals surface area contributed by atoms with Gasteiger partial charge in [-0.15, -0.1) is 0 Å². The first kappa shape index (κ1) is 17.6. The zero-order chi connectivity index (χ0) is 16.0. The standard InChI is InChI=1S/C14H21NO5S/c1-4-11-6-7-12(8-13(11)14(16)17)21(18,19)15-9-10(3)20-5-2/h6-8,10,15H,4-5,9H2,1-3H3,(H,16,17). The summed E-state index contributed by atoms with van der Waals surface area (Å²) in [6, 6.07) is 4.14. The summed E-state index contributed by atoms with van der Waals surface area (Å²) in [5, 5.41) is 9.14. The smallest absolute Gasteiger partial charge is 0.336 e. The predicted molar refractivity (Wildman–Crippen MR) is 79.1 cm³/mol. The van der Waals surface area contributed by atoms with Gasteiger partial charge in [0.2, 0.25) is 10.0 Å². The number of nitrogens with one attached hydrogen (secondary N) is 1. The number of hydrogen-bond donors (Lipinski definition) is 2. The molecule has 0 aromatic heterocycles. The molecule has 21 heavy (non-hydrogen) atoms. The summed E-state index contributed by atoms with van der Waals surface area (Å²) < 4.78 is 32.0. The van der Waals surface area contributed by atoms with Gasteiger partial charge in [-0.3, -0.25) is 0 Å². The molecular formula is C14H21NO5S. The molecule has 0 saturated carbocycles. The van der Waals surface area contributed by atoms with Crippen LogP contribution in [-0.2, 0) is 21.2 Å². The van der Waals surface area contributed by atoms with Gasteiger partial charge in [0, 0.05) is 13.2 Å². The molecule has 0 aliphatic carbocycles. The molecule has 1 rings (SSSR count). The van der Waals surface area contributed by atoms with Crippen LogP contribution in [0.15, 0.2) is 23.1 Å². The molecular weight excluding hydrogens is 294 g/mol. The number of carboxylic acids is 1. The maximum absolute atomic E-state index is 12.2. The van der Waals surface area contributed by atoms with Gasteiger partial charge in [-0.2, -0.15) is 0 Å². The normalized spacial score (nSPS) is 13.1. The third kappa shape index (κ3) is 4.80. The Bertz CT molecular complexity index is 597. The van der Waals surface area contributed by atoms with Gasteiger partial charge >= 0.3 is 5.97 Å². The quantitative estimate of drug-likeness (QED) is 0.761.